The average molecular weight is 837 g/mol. The van der Waals surface area contributed by atoms with Gasteiger partial charge in [-0.2, -0.15) is 0 Å². The van der Waals surface area contributed by atoms with Crippen molar-refractivity contribution in [3.63, 3.8) is 0 Å². The van der Waals surface area contributed by atoms with Crippen LogP contribution in [-0.2, 0) is 32.7 Å². The average Bonchev–Trinajstić information content (AvgIpc) is 3.20. The molecule has 0 aromatic rings. The Hall–Kier alpha value is -1.99. The number of rotatable bonds is 44. The van der Waals surface area contributed by atoms with Gasteiger partial charge < -0.3 is 14.4 Å². The summed E-state index contributed by atoms with van der Waals surface area (Å²) in [5.41, 5.74) is 0. The minimum atomic E-state index is -4.29. The largest absolute Gasteiger partial charge is 0.472 e. The number of unbranched alkanes of at least 4 members (excludes halogenated alkanes) is 24. The highest BCUT2D eigenvalue weighted by Gasteiger charge is 2.25. The maximum Gasteiger partial charge on any atom is 0.472 e. The van der Waals surface area contributed by atoms with Gasteiger partial charge >= 0.3 is 19.8 Å². The SMILES string of the molecule is CC/C=C\C/C=C\C/C=C\C/C=C\CCCCC(=O)OC(COC(=O)CCCCCCCCCCCCCCCCCCCCCCCCC)COP(=O)(O)OCC. The number of hydrogen-bond acceptors (Lipinski definition) is 7. The number of phosphoric acid groups is 1. The summed E-state index contributed by atoms with van der Waals surface area (Å²) in [7, 11) is -4.29. The standard InChI is InChI=1S/C49H89O8P/c1-4-7-9-11-13-15-17-19-21-22-23-24-25-26-27-28-30-31-33-35-37-39-41-43-48(50)54-45-47(46-56-58(52,53)55-6-3)57-49(51)44-42-40-38-36-34-32-29-20-18-16-14-12-10-8-5-2/h8,10,14,16,20,29,34,36,47H,4-7,9,11-13,15,17-19,21-28,30-33,35,37-46H2,1-3H3,(H,52,53)/b10-8-,16-14-,29-20-,36-34-. The molecule has 0 saturated carbocycles. The quantitative estimate of drug-likeness (QED) is 0.0280. The van der Waals surface area contributed by atoms with Crippen LogP contribution >= 0.6 is 7.82 Å². The van der Waals surface area contributed by atoms with E-state index in [0.29, 0.717) is 6.42 Å². The summed E-state index contributed by atoms with van der Waals surface area (Å²) in [6.07, 6.45) is 53.3. The first kappa shape index (κ1) is 56.0. The van der Waals surface area contributed by atoms with E-state index in [9.17, 15) is 19.0 Å². The second-order valence-corrected chi connectivity index (χ2v) is 17.2. The minimum absolute atomic E-state index is 0.00788. The van der Waals surface area contributed by atoms with Gasteiger partial charge in [0.05, 0.1) is 13.2 Å². The Balaban J connectivity index is 3.99. The molecule has 0 bridgehead atoms. The van der Waals surface area contributed by atoms with E-state index in [4.69, 9.17) is 18.5 Å². The molecule has 0 aromatic heterocycles. The lowest BCUT2D eigenvalue weighted by atomic mass is 10.0. The van der Waals surface area contributed by atoms with Gasteiger partial charge in [-0.05, 0) is 58.3 Å². The Morgan fingerprint density at radius 1 is 0.483 bits per heavy atom. The molecule has 0 spiro atoms. The van der Waals surface area contributed by atoms with E-state index >= 15 is 0 Å². The van der Waals surface area contributed by atoms with E-state index in [-0.39, 0.29) is 32.0 Å². The van der Waals surface area contributed by atoms with Crippen molar-refractivity contribution >= 4 is 19.8 Å². The highest BCUT2D eigenvalue weighted by Crippen LogP contribution is 2.43. The van der Waals surface area contributed by atoms with Crippen LogP contribution in [-0.4, -0.2) is 42.8 Å². The second-order valence-electron chi connectivity index (χ2n) is 15.8. The maximum atomic E-state index is 12.5. The first-order valence-corrected chi connectivity index (χ1v) is 25.4. The minimum Gasteiger partial charge on any atom is -0.462 e. The van der Waals surface area contributed by atoms with Crippen LogP contribution in [0.25, 0.3) is 0 Å². The first-order valence-electron chi connectivity index (χ1n) is 23.9. The molecule has 0 aromatic carbocycles. The van der Waals surface area contributed by atoms with E-state index in [1.807, 2.05) is 0 Å². The smallest absolute Gasteiger partial charge is 0.462 e. The second kappa shape index (κ2) is 44.6. The summed E-state index contributed by atoms with van der Waals surface area (Å²) in [4.78, 5) is 34.8. The van der Waals surface area contributed by atoms with Gasteiger partial charge in [-0.15, -0.1) is 0 Å². The molecule has 0 aliphatic rings. The highest BCUT2D eigenvalue weighted by atomic mass is 31.2. The molecule has 58 heavy (non-hydrogen) atoms. The van der Waals surface area contributed by atoms with Gasteiger partial charge in [-0.3, -0.25) is 18.6 Å². The number of phosphoric ester groups is 1. The van der Waals surface area contributed by atoms with Gasteiger partial charge in [0, 0.05) is 12.8 Å². The predicted octanol–water partition coefficient (Wildman–Crippen LogP) is 15.3. The van der Waals surface area contributed by atoms with Crippen molar-refractivity contribution in [2.24, 2.45) is 0 Å². The summed E-state index contributed by atoms with van der Waals surface area (Å²) in [5, 5.41) is 0. The lowest BCUT2D eigenvalue weighted by Crippen LogP contribution is -2.29. The zero-order valence-electron chi connectivity index (χ0n) is 37.7. The Labute approximate surface area is 357 Å². The molecule has 2 atom stereocenters. The number of allylic oxidation sites excluding steroid dienone is 8. The molecule has 0 rings (SSSR count). The van der Waals surface area contributed by atoms with Crippen molar-refractivity contribution in [3.8, 4) is 0 Å². The van der Waals surface area contributed by atoms with Crippen LogP contribution in [0.4, 0.5) is 0 Å². The molecule has 0 radical (unpaired) electrons. The predicted molar refractivity (Wildman–Crippen MR) is 244 cm³/mol. The van der Waals surface area contributed by atoms with E-state index in [0.717, 1.165) is 57.8 Å². The summed E-state index contributed by atoms with van der Waals surface area (Å²) in [6.45, 7) is 5.34. The molecule has 338 valence electrons. The third-order valence-electron chi connectivity index (χ3n) is 10.1. The van der Waals surface area contributed by atoms with Crippen molar-refractivity contribution in [2.45, 2.75) is 232 Å². The highest BCUT2D eigenvalue weighted by molar-refractivity contribution is 7.47. The van der Waals surface area contributed by atoms with Crippen LogP contribution in [0.2, 0.25) is 0 Å². The van der Waals surface area contributed by atoms with Crippen molar-refractivity contribution in [1.82, 2.24) is 0 Å². The third-order valence-corrected chi connectivity index (χ3v) is 11.2. The van der Waals surface area contributed by atoms with Crippen LogP contribution in [0.1, 0.15) is 226 Å². The van der Waals surface area contributed by atoms with E-state index in [1.165, 1.54) is 128 Å². The molecule has 0 aliphatic heterocycles. The molecule has 9 heteroatoms. The fourth-order valence-electron chi connectivity index (χ4n) is 6.68. The Bertz CT molecular complexity index is 1080. The monoisotopic (exact) mass is 837 g/mol. The fraction of sp³-hybridized carbons (Fsp3) is 0.796. The number of carbonyl (C=O) groups is 2. The van der Waals surface area contributed by atoms with Crippen LogP contribution in [0.5, 0.6) is 0 Å². The van der Waals surface area contributed by atoms with Crippen molar-refractivity contribution in [2.75, 3.05) is 19.8 Å². The molecule has 2 unspecified atom stereocenters. The van der Waals surface area contributed by atoms with Gasteiger partial charge in [0.1, 0.15) is 6.61 Å². The van der Waals surface area contributed by atoms with Crippen LogP contribution in [0.3, 0.4) is 0 Å². The number of esters is 2. The number of carbonyl (C=O) groups excluding carboxylic acids is 2. The van der Waals surface area contributed by atoms with E-state index < -0.39 is 26.5 Å². The molecule has 0 saturated heterocycles. The van der Waals surface area contributed by atoms with Gasteiger partial charge in [0.2, 0.25) is 0 Å². The molecule has 0 amide bonds. The summed E-state index contributed by atoms with van der Waals surface area (Å²) in [6, 6.07) is 0. The Morgan fingerprint density at radius 2 is 0.879 bits per heavy atom. The molecular weight excluding hydrogens is 748 g/mol. The van der Waals surface area contributed by atoms with Crippen LogP contribution in [0.15, 0.2) is 48.6 Å². The lowest BCUT2D eigenvalue weighted by molar-refractivity contribution is -0.161. The topological polar surface area (TPSA) is 108 Å². The first-order chi connectivity index (χ1) is 28.3. The number of hydrogen-bond donors (Lipinski definition) is 1. The molecule has 0 fully saturated rings. The molecule has 1 N–H and O–H groups in total. The van der Waals surface area contributed by atoms with Crippen molar-refractivity contribution in [1.29, 1.82) is 0 Å². The van der Waals surface area contributed by atoms with Crippen molar-refractivity contribution in [3.05, 3.63) is 48.6 Å². The van der Waals surface area contributed by atoms with Gasteiger partial charge in [-0.1, -0.05) is 204 Å². The molecule has 0 heterocycles. The molecule has 0 aliphatic carbocycles. The van der Waals surface area contributed by atoms with E-state index in [1.54, 1.807) is 6.92 Å². The zero-order chi connectivity index (χ0) is 42.5. The van der Waals surface area contributed by atoms with E-state index in [2.05, 4.69) is 62.5 Å². The normalized spacial score (nSPS) is 13.7. The lowest BCUT2D eigenvalue weighted by Gasteiger charge is -2.19. The summed E-state index contributed by atoms with van der Waals surface area (Å²) in [5.74, 6) is -0.840. The van der Waals surface area contributed by atoms with Gasteiger partial charge in [-0.25, -0.2) is 4.57 Å². The maximum absolute atomic E-state index is 12.5. The fourth-order valence-corrected chi connectivity index (χ4v) is 7.44. The van der Waals surface area contributed by atoms with Crippen molar-refractivity contribution < 1.29 is 37.6 Å². The van der Waals surface area contributed by atoms with Gasteiger partial charge in [0.15, 0.2) is 6.10 Å². The number of ether oxygens (including phenoxy) is 2. The Morgan fingerprint density at radius 3 is 1.33 bits per heavy atom. The molecule has 8 nitrogen and oxygen atoms in total. The van der Waals surface area contributed by atoms with Gasteiger partial charge in [0.25, 0.3) is 0 Å². The summed E-state index contributed by atoms with van der Waals surface area (Å²) < 4.78 is 32.7. The van der Waals surface area contributed by atoms with Crippen LogP contribution in [0, 0.1) is 0 Å². The Kier molecular flexibility index (Phi) is 43.0. The van der Waals surface area contributed by atoms with Crippen LogP contribution < -0.4 is 0 Å². The summed E-state index contributed by atoms with van der Waals surface area (Å²) >= 11 is 0. The third kappa shape index (κ3) is 43.6. The zero-order valence-corrected chi connectivity index (χ0v) is 38.6. The molecular formula is C49H89O8P.